The van der Waals surface area contributed by atoms with Crippen LogP contribution in [-0.4, -0.2) is 4.98 Å². The zero-order chi connectivity index (χ0) is 17.9. The van der Waals surface area contributed by atoms with Crippen LogP contribution in [0.3, 0.4) is 0 Å². The van der Waals surface area contributed by atoms with E-state index >= 15 is 0 Å². The second kappa shape index (κ2) is 6.82. The highest BCUT2D eigenvalue weighted by Gasteiger charge is 2.15. The molecule has 2 nitrogen and oxygen atoms in total. The normalized spacial score (nSPS) is 10.6. The van der Waals surface area contributed by atoms with E-state index in [0.717, 1.165) is 28.8 Å². The fraction of sp³-hybridized carbons (Fsp3) is 0.0833. The summed E-state index contributed by atoms with van der Waals surface area (Å²) >= 11 is 0. The van der Waals surface area contributed by atoms with Crippen LogP contribution in [0.5, 0.6) is 0 Å². The van der Waals surface area contributed by atoms with Crippen LogP contribution in [0.4, 0.5) is 0 Å². The molecule has 0 radical (unpaired) electrons. The number of nitrogens with zero attached hydrogens (tertiary/aromatic N) is 2. The molecule has 0 aliphatic carbocycles. The largest absolute Gasteiger partial charge is 0.252 e. The van der Waals surface area contributed by atoms with Gasteiger partial charge >= 0.3 is 0 Å². The third-order valence-electron chi connectivity index (χ3n) is 4.67. The fourth-order valence-electron chi connectivity index (χ4n) is 3.42. The van der Waals surface area contributed by atoms with Crippen LogP contribution in [0.25, 0.3) is 33.2 Å². The van der Waals surface area contributed by atoms with Crippen LogP contribution in [0, 0.1) is 11.3 Å². The molecule has 0 aliphatic rings. The third kappa shape index (κ3) is 2.74. The van der Waals surface area contributed by atoms with Gasteiger partial charge in [-0.05, 0) is 29.5 Å². The molecule has 2 heteroatoms. The summed E-state index contributed by atoms with van der Waals surface area (Å²) in [5.41, 5.74) is 6.17. The van der Waals surface area contributed by atoms with Crippen LogP contribution < -0.4 is 0 Å². The van der Waals surface area contributed by atoms with Crippen molar-refractivity contribution in [1.82, 2.24) is 4.98 Å². The Balaban J connectivity index is 2.03. The van der Waals surface area contributed by atoms with Crippen LogP contribution in [-0.2, 0) is 6.42 Å². The number of benzene rings is 3. The number of hydrogen-bond donors (Lipinski definition) is 0. The van der Waals surface area contributed by atoms with Crippen LogP contribution in [0.15, 0.2) is 78.9 Å². The van der Waals surface area contributed by atoms with Gasteiger partial charge in [0.15, 0.2) is 0 Å². The predicted octanol–water partition coefficient (Wildman–Crippen LogP) is 6.00. The van der Waals surface area contributed by atoms with Crippen molar-refractivity contribution in [3.05, 3.63) is 90.1 Å². The lowest BCUT2D eigenvalue weighted by atomic mass is 9.93. The third-order valence-corrected chi connectivity index (χ3v) is 4.67. The Morgan fingerprint density at radius 2 is 1.42 bits per heavy atom. The van der Waals surface area contributed by atoms with Gasteiger partial charge in [0, 0.05) is 22.2 Å². The number of aryl methyl sites for hydroxylation is 1. The van der Waals surface area contributed by atoms with Gasteiger partial charge in [0.2, 0.25) is 0 Å². The van der Waals surface area contributed by atoms with E-state index in [-0.39, 0.29) is 0 Å². The zero-order valence-electron chi connectivity index (χ0n) is 14.6. The van der Waals surface area contributed by atoms with E-state index in [0.29, 0.717) is 5.56 Å². The average molecular weight is 334 g/mol. The van der Waals surface area contributed by atoms with Crippen molar-refractivity contribution < 1.29 is 0 Å². The molecule has 0 spiro atoms. The highest BCUT2D eigenvalue weighted by molar-refractivity contribution is 6.04. The molecule has 0 amide bonds. The minimum absolute atomic E-state index is 0.662. The van der Waals surface area contributed by atoms with Crippen molar-refractivity contribution in [1.29, 1.82) is 5.26 Å². The Bertz CT molecular complexity index is 1100. The topological polar surface area (TPSA) is 36.7 Å². The second-order valence-electron chi connectivity index (χ2n) is 6.24. The van der Waals surface area contributed by atoms with Gasteiger partial charge in [-0.1, -0.05) is 73.7 Å². The molecular formula is C24H18N2. The molecule has 4 aromatic rings. The number of hydrogen-bond acceptors (Lipinski definition) is 2. The molecule has 0 unspecified atom stereocenters. The van der Waals surface area contributed by atoms with Crippen molar-refractivity contribution in [2.75, 3.05) is 0 Å². The number of rotatable bonds is 3. The van der Waals surface area contributed by atoms with Gasteiger partial charge in [-0.15, -0.1) is 0 Å². The standard InChI is InChI=1S/C24H18N2/c1-2-22-23(18-8-4-3-5-9-18)20-10-6-7-11-21(20)24(26-22)19-14-12-17(16-25)13-15-19/h3-15H,2H2,1H3. The highest BCUT2D eigenvalue weighted by Crippen LogP contribution is 2.36. The molecule has 0 saturated carbocycles. The van der Waals surface area contributed by atoms with E-state index in [1.54, 1.807) is 0 Å². The van der Waals surface area contributed by atoms with Gasteiger partial charge in [0.25, 0.3) is 0 Å². The zero-order valence-corrected chi connectivity index (χ0v) is 14.6. The summed E-state index contributed by atoms with van der Waals surface area (Å²) in [5, 5.41) is 11.4. The fourth-order valence-corrected chi connectivity index (χ4v) is 3.42. The first-order valence-electron chi connectivity index (χ1n) is 8.79. The maximum atomic E-state index is 9.05. The maximum absolute atomic E-state index is 9.05. The first-order chi connectivity index (χ1) is 12.8. The molecule has 0 atom stereocenters. The lowest BCUT2D eigenvalue weighted by Crippen LogP contribution is -1.98. The molecule has 3 aromatic carbocycles. The van der Waals surface area contributed by atoms with Crippen LogP contribution in [0.2, 0.25) is 0 Å². The monoisotopic (exact) mass is 334 g/mol. The molecule has 124 valence electrons. The smallest absolute Gasteiger partial charge is 0.0991 e. The van der Waals surface area contributed by atoms with Crippen molar-refractivity contribution >= 4 is 10.8 Å². The second-order valence-corrected chi connectivity index (χ2v) is 6.24. The summed E-state index contributed by atoms with van der Waals surface area (Å²) in [6.07, 6.45) is 0.859. The lowest BCUT2D eigenvalue weighted by Gasteiger charge is -2.15. The molecule has 0 saturated heterocycles. The molecule has 4 rings (SSSR count). The van der Waals surface area contributed by atoms with Crippen molar-refractivity contribution in [3.8, 4) is 28.5 Å². The predicted molar refractivity (Wildman–Crippen MR) is 107 cm³/mol. The minimum atomic E-state index is 0.662. The molecule has 1 heterocycles. The van der Waals surface area contributed by atoms with E-state index in [9.17, 15) is 0 Å². The Morgan fingerprint density at radius 3 is 2.08 bits per heavy atom. The molecule has 0 fully saturated rings. The van der Waals surface area contributed by atoms with E-state index in [4.69, 9.17) is 10.2 Å². The Labute approximate surface area is 153 Å². The molecule has 0 aliphatic heterocycles. The Kier molecular flexibility index (Phi) is 4.21. The molecular weight excluding hydrogens is 316 g/mol. The van der Waals surface area contributed by atoms with Gasteiger partial charge < -0.3 is 0 Å². The summed E-state index contributed by atoms with van der Waals surface area (Å²) in [6, 6.07) is 28.7. The van der Waals surface area contributed by atoms with E-state index in [1.165, 1.54) is 16.5 Å². The summed E-state index contributed by atoms with van der Waals surface area (Å²) in [4.78, 5) is 5.04. The SMILES string of the molecule is CCc1nc(-c2ccc(C#N)cc2)c2ccccc2c1-c1ccccc1. The maximum Gasteiger partial charge on any atom is 0.0991 e. The summed E-state index contributed by atoms with van der Waals surface area (Å²) in [7, 11) is 0. The van der Waals surface area contributed by atoms with Crippen molar-refractivity contribution in [3.63, 3.8) is 0 Å². The van der Waals surface area contributed by atoms with E-state index in [2.05, 4.69) is 61.5 Å². The molecule has 0 bridgehead atoms. The Morgan fingerprint density at radius 1 is 0.769 bits per heavy atom. The summed E-state index contributed by atoms with van der Waals surface area (Å²) < 4.78 is 0. The van der Waals surface area contributed by atoms with Gasteiger partial charge in [-0.2, -0.15) is 5.26 Å². The number of nitriles is 1. The van der Waals surface area contributed by atoms with Gasteiger partial charge in [0.05, 0.1) is 17.3 Å². The van der Waals surface area contributed by atoms with Crippen molar-refractivity contribution in [2.24, 2.45) is 0 Å². The highest BCUT2D eigenvalue weighted by atomic mass is 14.7. The Hall–Kier alpha value is -3.44. The first-order valence-corrected chi connectivity index (χ1v) is 8.79. The van der Waals surface area contributed by atoms with Gasteiger partial charge in [-0.25, -0.2) is 0 Å². The van der Waals surface area contributed by atoms with Crippen molar-refractivity contribution in [2.45, 2.75) is 13.3 Å². The minimum Gasteiger partial charge on any atom is -0.252 e. The van der Waals surface area contributed by atoms with E-state index < -0.39 is 0 Å². The number of aromatic nitrogens is 1. The quantitative estimate of drug-likeness (QED) is 0.460. The number of pyridine rings is 1. The average Bonchev–Trinajstić information content (AvgIpc) is 2.73. The lowest BCUT2D eigenvalue weighted by molar-refractivity contribution is 1.05. The van der Waals surface area contributed by atoms with Gasteiger partial charge in [-0.3, -0.25) is 4.98 Å². The molecule has 1 aromatic heterocycles. The van der Waals surface area contributed by atoms with Crippen LogP contribution in [0.1, 0.15) is 18.2 Å². The summed E-state index contributed by atoms with van der Waals surface area (Å²) in [5.74, 6) is 0. The summed E-state index contributed by atoms with van der Waals surface area (Å²) in [6.45, 7) is 2.14. The molecule has 0 N–H and O–H groups in total. The first kappa shape index (κ1) is 16.1. The van der Waals surface area contributed by atoms with Gasteiger partial charge in [0.1, 0.15) is 0 Å². The number of fused-ring (bicyclic) bond motifs is 1. The molecule has 26 heavy (non-hydrogen) atoms. The van der Waals surface area contributed by atoms with E-state index in [1.807, 2.05) is 30.3 Å². The van der Waals surface area contributed by atoms with Crippen LogP contribution >= 0.6 is 0 Å².